The van der Waals surface area contributed by atoms with Gasteiger partial charge in [-0.25, -0.2) is 4.79 Å². The number of likely N-dealkylation sites (N-methyl/N-ethyl adjacent to an activating group) is 1. The lowest BCUT2D eigenvalue weighted by Gasteiger charge is -2.34. The molecule has 30 heavy (non-hydrogen) atoms. The number of aliphatic hydroxyl groups excluding tert-OH is 1. The Hall–Kier alpha value is -2.12. The average Bonchev–Trinajstić information content (AvgIpc) is 3.05. The number of carboxylic acid groups (broad SMARTS) is 1. The van der Waals surface area contributed by atoms with Gasteiger partial charge in [0.05, 0.1) is 6.10 Å². The zero-order valence-corrected chi connectivity index (χ0v) is 17.8. The first kappa shape index (κ1) is 21.1. The van der Waals surface area contributed by atoms with Gasteiger partial charge in [0, 0.05) is 44.3 Å². The lowest BCUT2D eigenvalue weighted by molar-refractivity contribution is -0.137. The third kappa shape index (κ3) is 4.47. The van der Waals surface area contributed by atoms with E-state index in [4.69, 9.17) is 5.11 Å². The highest BCUT2D eigenvalue weighted by Crippen LogP contribution is 2.34. The monoisotopic (exact) mass is 415 g/mol. The number of carbonyl (C=O) groups excluding carboxylic acids is 1. The maximum Gasteiger partial charge on any atom is 0.324 e. The van der Waals surface area contributed by atoms with Gasteiger partial charge in [-0.2, -0.15) is 0 Å². The van der Waals surface area contributed by atoms with Crippen LogP contribution in [0.1, 0.15) is 55.8 Å². The summed E-state index contributed by atoms with van der Waals surface area (Å²) in [5.74, 6) is -0.254. The van der Waals surface area contributed by atoms with Gasteiger partial charge in [0.2, 0.25) is 0 Å². The molecular weight excluding hydrogens is 382 g/mol. The van der Waals surface area contributed by atoms with Gasteiger partial charge >= 0.3 is 12.0 Å². The minimum absolute atomic E-state index is 0.0594. The highest BCUT2D eigenvalue weighted by molar-refractivity contribution is 5.94. The number of aliphatic carboxylic acids is 1. The maximum atomic E-state index is 13.2. The topological polar surface area (TPSA) is 84.3 Å². The number of carboxylic acids is 1. The number of anilines is 1. The smallest absolute Gasteiger partial charge is 0.324 e. The van der Waals surface area contributed by atoms with Crippen molar-refractivity contribution >= 4 is 17.7 Å². The second-order valence-electron chi connectivity index (χ2n) is 9.15. The van der Waals surface area contributed by atoms with Gasteiger partial charge < -0.3 is 20.0 Å². The molecule has 2 heterocycles. The van der Waals surface area contributed by atoms with Crippen molar-refractivity contribution in [3.63, 3.8) is 0 Å². The van der Waals surface area contributed by atoms with Gasteiger partial charge in [0.15, 0.2) is 0 Å². The molecule has 7 nitrogen and oxygen atoms in total. The Balaban J connectivity index is 1.40. The van der Waals surface area contributed by atoms with E-state index in [2.05, 4.69) is 11.0 Å². The number of hydrogen-bond donors (Lipinski definition) is 2. The molecule has 0 spiro atoms. The largest absolute Gasteiger partial charge is 0.481 e. The molecule has 1 saturated carbocycles. The number of β-amino-alcohol motifs (C(OH)–C–C–N with tert-alkyl or cyclic N) is 1. The van der Waals surface area contributed by atoms with Crippen molar-refractivity contribution in [2.45, 2.75) is 57.1 Å². The van der Waals surface area contributed by atoms with Crippen LogP contribution in [0, 0.1) is 5.92 Å². The van der Waals surface area contributed by atoms with Crippen molar-refractivity contribution in [3.05, 3.63) is 29.3 Å². The van der Waals surface area contributed by atoms with Crippen molar-refractivity contribution in [1.82, 2.24) is 9.80 Å². The molecule has 2 N–H and O–H groups in total. The molecule has 1 unspecified atom stereocenters. The van der Waals surface area contributed by atoms with E-state index in [0.717, 1.165) is 62.9 Å². The number of fused-ring (bicyclic) bond motifs is 1. The van der Waals surface area contributed by atoms with Crippen LogP contribution in [0.25, 0.3) is 0 Å². The summed E-state index contributed by atoms with van der Waals surface area (Å²) >= 11 is 0. The fourth-order valence-electron chi connectivity index (χ4n) is 5.29. The van der Waals surface area contributed by atoms with Gasteiger partial charge in [-0.05, 0) is 74.8 Å². The molecule has 7 heteroatoms. The number of carbonyl (C=O) groups is 2. The molecule has 0 aromatic heterocycles. The van der Waals surface area contributed by atoms with Crippen LogP contribution < -0.4 is 4.90 Å². The number of nitrogens with zero attached hydrogens (tertiary/aromatic N) is 3. The Morgan fingerprint density at radius 1 is 1.13 bits per heavy atom. The van der Waals surface area contributed by atoms with Gasteiger partial charge in [0.1, 0.15) is 0 Å². The fraction of sp³-hybridized carbons (Fsp3) is 0.652. The zero-order chi connectivity index (χ0) is 21.3. The summed E-state index contributed by atoms with van der Waals surface area (Å²) in [6, 6.07) is 6.40. The van der Waals surface area contributed by atoms with Crippen LogP contribution in [0.2, 0.25) is 0 Å². The molecule has 1 aliphatic carbocycles. The molecule has 164 valence electrons. The standard InChI is InChI=1S/C23H33N3O4/c1-24-11-10-17-5-8-19(14-20(17)21(27)15-24)26-13-12-25(23(26)30)18-6-2-16(3-7-18)4-9-22(28)29/h5,8,14,16,18,21,27H,2-4,6-7,9-13,15H2,1H3,(H,28,29)/t16-,18-,21?. The lowest BCUT2D eigenvalue weighted by Crippen LogP contribution is -2.41. The van der Waals surface area contributed by atoms with Crippen LogP contribution in [-0.4, -0.2) is 71.3 Å². The summed E-state index contributed by atoms with van der Waals surface area (Å²) in [6.07, 6.45) is 5.29. The molecule has 1 aromatic carbocycles. The van der Waals surface area contributed by atoms with Gasteiger partial charge in [-0.3, -0.25) is 9.69 Å². The second-order valence-corrected chi connectivity index (χ2v) is 9.15. The van der Waals surface area contributed by atoms with Crippen LogP contribution in [0.15, 0.2) is 18.2 Å². The maximum absolute atomic E-state index is 13.2. The third-order valence-corrected chi connectivity index (χ3v) is 7.11. The van der Waals surface area contributed by atoms with Gasteiger partial charge in [-0.1, -0.05) is 6.07 Å². The normalized spacial score (nSPS) is 27.8. The molecule has 4 rings (SSSR count). The molecule has 2 fully saturated rings. The van der Waals surface area contributed by atoms with Gasteiger partial charge in [0.25, 0.3) is 0 Å². The zero-order valence-electron chi connectivity index (χ0n) is 17.8. The molecule has 3 aliphatic rings. The van der Waals surface area contributed by atoms with E-state index in [0.29, 0.717) is 19.0 Å². The molecule has 2 aliphatic heterocycles. The van der Waals surface area contributed by atoms with Crippen molar-refractivity contribution in [2.24, 2.45) is 5.92 Å². The van der Waals surface area contributed by atoms with Crippen LogP contribution in [0.4, 0.5) is 10.5 Å². The summed E-state index contributed by atoms with van der Waals surface area (Å²) in [5, 5.41) is 19.5. The van der Waals surface area contributed by atoms with Gasteiger partial charge in [-0.15, -0.1) is 0 Å². The minimum atomic E-state index is -0.722. The van der Waals surface area contributed by atoms with E-state index >= 15 is 0 Å². The molecule has 0 radical (unpaired) electrons. The Labute approximate surface area is 178 Å². The molecule has 0 bridgehead atoms. The summed E-state index contributed by atoms with van der Waals surface area (Å²) in [4.78, 5) is 30.0. The van der Waals surface area contributed by atoms with Crippen LogP contribution >= 0.6 is 0 Å². The Kier molecular flexibility index (Phi) is 6.29. The fourth-order valence-corrected chi connectivity index (χ4v) is 5.29. The number of benzene rings is 1. The van der Waals surface area contributed by atoms with Crippen LogP contribution in [0.3, 0.4) is 0 Å². The average molecular weight is 416 g/mol. The first-order valence-electron chi connectivity index (χ1n) is 11.2. The quantitative estimate of drug-likeness (QED) is 0.773. The number of amides is 2. The number of hydrogen-bond acceptors (Lipinski definition) is 4. The van der Waals surface area contributed by atoms with E-state index in [1.807, 2.05) is 29.0 Å². The number of aliphatic hydroxyl groups is 1. The van der Waals surface area contributed by atoms with E-state index in [1.54, 1.807) is 0 Å². The molecule has 1 saturated heterocycles. The molecule has 1 aromatic rings. The number of urea groups is 1. The first-order chi connectivity index (χ1) is 14.4. The predicted octanol–water partition coefficient (Wildman–Crippen LogP) is 2.87. The summed E-state index contributed by atoms with van der Waals surface area (Å²) < 4.78 is 0. The molecule has 1 atom stereocenters. The summed E-state index contributed by atoms with van der Waals surface area (Å²) in [6.45, 7) is 2.94. The molecule has 2 amide bonds. The van der Waals surface area contributed by atoms with E-state index in [-0.39, 0.29) is 18.5 Å². The summed E-state index contributed by atoms with van der Waals surface area (Å²) in [5.41, 5.74) is 2.99. The van der Waals surface area contributed by atoms with E-state index in [9.17, 15) is 14.7 Å². The van der Waals surface area contributed by atoms with Crippen molar-refractivity contribution in [3.8, 4) is 0 Å². The van der Waals surface area contributed by atoms with E-state index < -0.39 is 12.1 Å². The van der Waals surface area contributed by atoms with Crippen molar-refractivity contribution in [1.29, 1.82) is 0 Å². The van der Waals surface area contributed by atoms with E-state index in [1.165, 1.54) is 5.56 Å². The minimum Gasteiger partial charge on any atom is -0.481 e. The van der Waals surface area contributed by atoms with Crippen molar-refractivity contribution in [2.75, 3.05) is 38.1 Å². The Morgan fingerprint density at radius 2 is 1.90 bits per heavy atom. The second kappa shape index (κ2) is 8.94. The highest BCUT2D eigenvalue weighted by Gasteiger charge is 2.36. The predicted molar refractivity (Wildman–Crippen MR) is 115 cm³/mol. The van der Waals surface area contributed by atoms with Crippen molar-refractivity contribution < 1.29 is 19.8 Å². The lowest BCUT2D eigenvalue weighted by atomic mass is 9.83. The third-order valence-electron chi connectivity index (χ3n) is 7.11. The Bertz CT molecular complexity index is 791. The number of rotatable bonds is 5. The van der Waals surface area contributed by atoms with Crippen LogP contribution in [-0.2, 0) is 11.2 Å². The Morgan fingerprint density at radius 3 is 2.63 bits per heavy atom. The summed E-state index contributed by atoms with van der Waals surface area (Å²) in [7, 11) is 2.02. The first-order valence-corrected chi connectivity index (χ1v) is 11.2. The SMILES string of the molecule is CN1CCc2ccc(N3CCN([C@H]4CC[C@H](CCC(=O)O)CC4)C3=O)cc2C(O)C1. The molecular formula is C23H33N3O4. The highest BCUT2D eigenvalue weighted by atomic mass is 16.4. The van der Waals surface area contributed by atoms with Crippen LogP contribution in [0.5, 0.6) is 0 Å².